The summed E-state index contributed by atoms with van der Waals surface area (Å²) in [6.07, 6.45) is 5.85. The van der Waals surface area contributed by atoms with Gasteiger partial charge in [-0.15, -0.1) is 24.8 Å². The first-order chi connectivity index (χ1) is 9.65. The molecular formula is C15H20Cl2N4O. The van der Waals surface area contributed by atoms with E-state index in [1.165, 1.54) is 0 Å². The summed E-state index contributed by atoms with van der Waals surface area (Å²) in [6.45, 7) is 0.794. The van der Waals surface area contributed by atoms with Gasteiger partial charge in [-0.25, -0.2) is 0 Å². The van der Waals surface area contributed by atoms with Crippen molar-refractivity contribution >= 4 is 36.4 Å². The molecular weight excluding hydrogens is 323 g/mol. The van der Waals surface area contributed by atoms with E-state index in [1.54, 1.807) is 28.9 Å². The number of nitrogens with two attached hydrogens (primary N) is 1. The second-order valence-corrected chi connectivity index (χ2v) is 5.23. The number of likely N-dealkylation sites (tertiary alicyclic amines) is 1. The van der Waals surface area contributed by atoms with E-state index < -0.39 is 0 Å². The number of aryl methyl sites for hydroxylation is 1. The Bertz CT molecular complexity index is 627. The van der Waals surface area contributed by atoms with Crippen LogP contribution in [0, 0.1) is 0 Å². The fourth-order valence-electron chi connectivity index (χ4n) is 2.76. The number of nitrogens with zero attached hydrogens (tertiary/aromatic N) is 3. The van der Waals surface area contributed by atoms with Gasteiger partial charge in [0.2, 0.25) is 0 Å². The highest BCUT2D eigenvalue weighted by molar-refractivity contribution is 5.95. The SMILES string of the molecule is Cl.Cl.Cn1cc(C2CCCN2C(=O)c2ccc(N)cc2)cn1. The summed E-state index contributed by atoms with van der Waals surface area (Å²) in [5.41, 5.74) is 8.13. The van der Waals surface area contributed by atoms with Crippen LogP contribution in [0.3, 0.4) is 0 Å². The molecule has 0 aliphatic carbocycles. The molecule has 2 heterocycles. The Hall–Kier alpha value is -1.72. The minimum absolute atomic E-state index is 0. The van der Waals surface area contributed by atoms with Crippen LogP contribution in [0.25, 0.3) is 0 Å². The summed E-state index contributed by atoms with van der Waals surface area (Å²) in [4.78, 5) is 14.5. The van der Waals surface area contributed by atoms with E-state index >= 15 is 0 Å². The standard InChI is InChI=1S/C15H18N4O.2ClH/c1-18-10-12(9-17-18)14-3-2-8-19(14)15(20)11-4-6-13(16)7-5-11;;/h4-7,9-10,14H,2-3,8,16H2,1H3;2*1H. The first kappa shape index (κ1) is 18.3. The second kappa shape index (κ2) is 7.51. The van der Waals surface area contributed by atoms with Gasteiger partial charge in [-0.3, -0.25) is 9.48 Å². The van der Waals surface area contributed by atoms with Crippen molar-refractivity contribution in [3.63, 3.8) is 0 Å². The molecule has 120 valence electrons. The number of rotatable bonds is 2. The largest absolute Gasteiger partial charge is 0.399 e. The molecule has 1 amide bonds. The maximum absolute atomic E-state index is 12.6. The number of amides is 1. The monoisotopic (exact) mass is 342 g/mol. The molecule has 1 aliphatic rings. The molecule has 0 radical (unpaired) electrons. The van der Waals surface area contributed by atoms with E-state index in [4.69, 9.17) is 5.73 Å². The molecule has 1 unspecified atom stereocenters. The van der Waals surface area contributed by atoms with Crippen LogP contribution in [0.15, 0.2) is 36.7 Å². The number of halogens is 2. The number of carbonyl (C=O) groups excluding carboxylic acids is 1. The van der Waals surface area contributed by atoms with Crippen molar-refractivity contribution in [2.24, 2.45) is 7.05 Å². The number of anilines is 1. The third kappa shape index (κ3) is 3.54. The summed E-state index contributed by atoms with van der Waals surface area (Å²) in [5.74, 6) is 0.0661. The first-order valence-electron chi connectivity index (χ1n) is 6.80. The van der Waals surface area contributed by atoms with Crippen LogP contribution in [0.1, 0.15) is 34.8 Å². The van der Waals surface area contributed by atoms with Gasteiger partial charge in [-0.05, 0) is 37.1 Å². The molecule has 1 atom stereocenters. The second-order valence-electron chi connectivity index (χ2n) is 5.23. The van der Waals surface area contributed by atoms with E-state index in [0.29, 0.717) is 11.3 Å². The molecule has 3 rings (SSSR count). The molecule has 1 aromatic heterocycles. The van der Waals surface area contributed by atoms with Crippen molar-refractivity contribution in [2.45, 2.75) is 18.9 Å². The van der Waals surface area contributed by atoms with Crippen LogP contribution in [0.2, 0.25) is 0 Å². The number of carbonyl (C=O) groups is 1. The smallest absolute Gasteiger partial charge is 0.254 e. The Balaban J connectivity index is 0.00000121. The predicted molar refractivity (Wildman–Crippen MR) is 91.6 cm³/mol. The maximum Gasteiger partial charge on any atom is 0.254 e. The lowest BCUT2D eigenvalue weighted by molar-refractivity contribution is 0.0735. The van der Waals surface area contributed by atoms with Gasteiger partial charge in [0.1, 0.15) is 0 Å². The summed E-state index contributed by atoms with van der Waals surface area (Å²) in [5, 5.41) is 4.20. The number of aromatic nitrogens is 2. The molecule has 0 spiro atoms. The van der Waals surface area contributed by atoms with Crippen molar-refractivity contribution in [1.29, 1.82) is 0 Å². The van der Waals surface area contributed by atoms with Crippen LogP contribution in [0.4, 0.5) is 5.69 Å². The van der Waals surface area contributed by atoms with Gasteiger partial charge in [-0.1, -0.05) is 0 Å². The highest BCUT2D eigenvalue weighted by atomic mass is 35.5. The highest BCUT2D eigenvalue weighted by Crippen LogP contribution is 2.32. The van der Waals surface area contributed by atoms with Crippen molar-refractivity contribution in [2.75, 3.05) is 12.3 Å². The fourth-order valence-corrected chi connectivity index (χ4v) is 2.76. The molecule has 5 nitrogen and oxygen atoms in total. The zero-order valence-corrected chi connectivity index (χ0v) is 13.9. The summed E-state index contributed by atoms with van der Waals surface area (Å²) >= 11 is 0. The van der Waals surface area contributed by atoms with Crippen LogP contribution in [-0.4, -0.2) is 27.1 Å². The van der Waals surface area contributed by atoms with E-state index in [-0.39, 0.29) is 36.8 Å². The number of hydrogen-bond donors (Lipinski definition) is 1. The summed E-state index contributed by atoms with van der Waals surface area (Å²) in [7, 11) is 1.89. The molecule has 7 heteroatoms. The van der Waals surface area contributed by atoms with Gasteiger partial charge < -0.3 is 10.6 Å². The third-order valence-corrected chi connectivity index (χ3v) is 3.78. The van der Waals surface area contributed by atoms with Gasteiger partial charge in [0, 0.05) is 36.6 Å². The molecule has 2 N–H and O–H groups in total. The lowest BCUT2D eigenvalue weighted by Gasteiger charge is -2.24. The van der Waals surface area contributed by atoms with E-state index in [0.717, 1.165) is 24.9 Å². The molecule has 0 bridgehead atoms. The molecule has 22 heavy (non-hydrogen) atoms. The predicted octanol–water partition coefficient (Wildman–Crippen LogP) is 2.82. The normalized spacial score (nSPS) is 16.8. The lowest BCUT2D eigenvalue weighted by atomic mass is 10.1. The van der Waals surface area contributed by atoms with E-state index in [2.05, 4.69) is 5.10 Å². The Kier molecular flexibility index (Phi) is 6.26. The van der Waals surface area contributed by atoms with Gasteiger partial charge >= 0.3 is 0 Å². The fraction of sp³-hybridized carbons (Fsp3) is 0.333. The molecule has 2 aromatic rings. The number of nitrogen functional groups attached to an aromatic ring is 1. The molecule has 1 saturated heterocycles. The van der Waals surface area contributed by atoms with E-state index in [9.17, 15) is 4.79 Å². The third-order valence-electron chi connectivity index (χ3n) is 3.78. The van der Waals surface area contributed by atoms with Gasteiger partial charge in [-0.2, -0.15) is 5.10 Å². The lowest BCUT2D eigenvalue weighted by Crippen LogP contribution is -2.30. The van der Waals surface area contributed by atoms with Gasteiger partial charge in [0.05, 0.1) is 12.2 Å². The van der Waals surface area contributed by atoms with Crippen molar-refractivity contribution in [3.05, 3.63) is 47.8 Å². The Morgan fingerprint density at radius 3 is 2.55 bits per heavy atom. The Morgan fingerprint density at radius 2 is 1.95 bits per heavy atom. The van der Waals surface area contributed by atoms with Crippen molar-refractivity contribution in [3.8, 4) is 0 Å². The zero-order chi connectivity index (χ0) is 14.1. The van der Waals surface area contributed by atoms with Crippen LogP contribution in [-0.2, 0) is 7.05 Å². The summed E-state index contributed by atoms with van der Waals surface area (Å²) < 4.78 is 1.78. The van der Waals surface area contributed by atoms with Crippen LogP contribution >= 0.6 is 24.8 Å². The average Bonchev–Trinajstić information content (AvgIpc) is 3.07. The summed E-state index contributed by atoms with van der Waals surface area (Å²) in [6, 6.07) is 7.24. The molecule has 1 fully saturated rings. The number of benzene rings is 1. The minimum Gasteiger partial charge on any atom is -0.399 e. The quantitative estimate of drug-likeness (QED) is 0.853. The maximum atomic E-state index is 12.6. The first-order valence-corrected chi connectivity index (χ1v) is 6.80. The minimum atomic E-state index is 0. The van der Waals surface area contributed by atoms with E-state index in [1.807, 2.05) is 24.3 Å². The van der Waals surface area contributed by atoms with Gasteiger partial charge in [0.15, 0.2) is 0 Å². The molecule has 0 saturated carbocycles. The Morgan fingerprint density at radius 1 is 1.27 bits per heavy atom. The van der Waals surface area contributed by atoms with Crippen LogP contribution < -0.4 is 5.73 Å². The van der Waals surface area contributed by atoms with Crippen molar-refractivity contribution in [1.82, 2.24) is 14.7 Å². The Labute approximate surface area is 142 Å². The number of hydrogen-bond acceptors (Lipinski definition) is 3. The zero-order valence-electron chi connectivity index (χ0n) is 12.3. The average molecular weight is 343 g/mol. The highest BCUT2D eigenvalue weighted by Gasteiger charge is 2.31. The van der Waals surface area contributed by atoms with Crippen molar-refractivity contribution < 1.29 is 4.79 Å². The molecule has 1 aliphatic heterocycles. The topological polar surface area (TPSA) is 64.2 Å². The van der Waals surface area contributed by atoms with Crippen LogP contribution in [0.5, 0.6) is 0 Å². The van der Waals surface area contributed by atoms with Gasteiger partial charge in [0.25, 0.3) is 5.91 Å². The molecule has 1 aromatic carbocycles.